The summed E-state index contributed by atoms with van der Waals surface area (Å²) in [7, 11) is 0. The van der Waals surface area contributed by atoms with Crippen LogP contribution < -0.4 is 11.1 Å². The molecule has 0 aliphatic heterocycles. The molecule has 0 saturated heterocycles. The summed E-state index contributed by atoms with van der Waals surface area (Å²) in [5.74, 6) is 1.09. The number of nitrogen functional groups attached to an aromatic ring is 1. The van der Waals surface area contributed by atoms with Crippen molar-refractivity contribution in [1.29, 1.82) is 0 Å². The fourth-order valence-corrected chi connectivity index (χ4v) is 1.71. The van der Waals surface area contributed by atoms with Crippen molar-refractivity contribution in [3.8, 4) is 0 Å². The van der Waals surface area contributed by atoms with E-state index in [4.69, 9.17) is 5.73 Å². The number of nitrogens with one attached hydrogen (secondary N) is 1. The largest absolute Gasteiger partial charge is 0.381 e. The third-order valence-electron chi connectivity index (χ3n) is 2.49. The lowest BCUT2D eigenvalue weighted by atomic mass is 10.1. The monoisotopic (exact) mass is 228 g/mol. The molecule has 2 aromatic rings. The Bertz CT molecular complexity index is 470. The Morgan fingerprint density at radius 3 is 2.59 bits per heavy atom. The van der Waals surface area contributed by atoms with Crippen LogP contribution in [0.4, 0.5) is 11.6 Å². The lowest BCUT2D eigenvalue weighted by Crippen LogP contribution is -2.20. The molecule has 2 rings (SSSR count). The molecule has 17 heavy (non-hydrogen) atoms. The number of hydrogen-bond donors (Lipinski definition) is 2. The van der Waals surface area contributed by atoms with Gasteiger partial charge in [-0.2, -0.15) is 0 Å². The Morgan fingerprint density at radius 2 is 1.88 bits per heavy atom. The molecule has 0 saturated carbocycles. The topological polar surface area (TPSA) is 63.8 Å². The molecule has 4 nitrogen and oxygen atoms in total. The van der Waals surface area contributed by atoms with Crippen LogP contribution in [0.5, 0.6) is 0 Å². The first-order chi connectivity index (χ1) is 8.25. The molecular weight excluding hydrogens is 212 g/mol. The van der Waals surface area contributed by atoms with Gasteiger partial charge in [0.25, 0.3) is 0 Å². The van der Waals surface area contributed by atoms with Gasteiger partial charge in [-0.25, -0.2) is 9.97 Å². The summed E-state index contributed by atoms with van der Waals surface area (Å²) in [5, 5.41) is 3.26. The summed E-state index contributed by atoms with van der Waals surface area (Å²) < 4.78 is 0. The highest BCUT2D eigenvalue weighted by Gasteiger charge is 2.06. The SMILES string of the molecule is CC(Cc1ccccc1)Nc1nccnc1N. The Labute approximate surface area is 101 Å². The number of benzene rings is 1. The van der Waals surface area contributed by atoms with Crippen LogP contribution in [0.15, 0.2) is 42.7 Å². The molecule has 0 amide bonds. The van der Waals surface area contributed by atoms with Gasteiger partial charge in [-0.3, -0.25) is 0 Å². The lowest BCUT2D eigenvalue weighted by Gasteiger charge is -2.15. The van der Waals surface area contributed by atoms with Crippen LogP contribution in [-0.2, 0) is 6.42 Å². The predicted octanol–water partition coefficient (Wildman–Crippen LogP) is 2.10. The summed E-state index contributed by atoms with van der Waals surface area (Å²) in [5.41, 5.74) is 7.01. The predicted molar refractivity (Wildman–Crippen MR) is 69.7 cm³/mol. The quantitative estimate of drug-likeness (QED) is 0.841. The van der Waals surface area contributed by atoms with Crippen LogP contribution in [0.1, 0.15) is 12.5 Å². The van der Waals surface area contributed by atoms with Gasteiger partial charge in [-0.15, -0.1) is 0 Å². The molecule has 0 radical (unpaired) electrons. The summed E-state index contributed by atoms with van der Waals surface area (Å²) in [6.07, 6.45) is 4.15. The van der Waals surface area contributed by atoms with Gasteiger partial charge in [0.2, 0.25) is 0 Å². The minimum atomic E-state index is 0.261. The molecule has 0 fully saturated rings. The summed E-state index contributed by atoms with van der Waals surface area (Å²) in [6.45, 7) is 2.10. The van der Waals surface area contributed by atoms with Crippen LogP contribution >= 0.6 is 0 Å². The normalized spacial score (nSPS) is 12.1. The second-order valence-electron chi connectivity index (χ2n) is 4.03. The minimum absolute atomic E-state index is 0.261. The fraction of sp³-hybridized carbons (Fsp3) is 0.231. The zero-order chi connectivity index (χ0) is 12.1. The van der Waals surface area contributed by atoms with Crippen molar-refractivity contribution < 1.29 is 0 Å². The Hall–Kier alpha value is -2.10. The second kappa shape index (κ2) is 5.30. The van der Waals surface area contributed by atoms with Crippen LogP contribution in [0.3, 0.4) is 0 Å². The number of aromatic nitrogens is 2. The smallest absolute Gasteiger partial charge is 0.169 e. The van der Waals surface area contributed by atoms with Crippen LogP contribution in [0, 0.1) is 0 Å². The molecule has 1 atom stereocenters. The number of hydrogen-bond acceptors (Lipinski definition) is 4. The Morgan fingerprint density at radius 1 is 1.18 bits per heavy atom. The van der Waals surface area contributed by atoms with E-state index < -0.39 is 0 Å². The van der Waals surface area contributed by atoms with Crippen LogP contribution in [0.2, 0.25) is 0 Å². The van der Waals surface area contributed by atoms with E-state index in [1.54, 1.807) is 12.4 Å². The minimum Gasteiger partial charge on any atom is -0.381 e. The van der Waals surface area contributed by atoms with Crippen molar-refractivity contribution >= 4 is 11.6 Å². The molecule has 0 aliphatic rings. The number of rotatable bonds is 4. The van der Waals surface area contributed by atoms with E-state index in [1.165, 1.54) is 5.56 Å². The van der Waals surface area contributed by atoms with Gasteiger partial charge < -0.3 is 11.1 Å². The van der Waals surface area contributed by atoms with Crippen molar-refractivity contribution in [2.45, 2.75) is 19.4 Å². The fourth-order valence-electron chi connectivity index (χ4n) is 1.71. The van der Waals surface area contributed by atoms with E-state index in [0.29, 0.717) is 11.6 Å². The molecule has 0 bridgehead atoms. The zero-order valence-electron chi connectivity index (χ0n) is 9.80. The number of nitrogens with two attached hydrogens (primary N) is 1. The Kier molecular flexibility index (Phi) is 3.55. The maximum absolute atomic E-state index is 5.73. The molecule has 88 valence electrons. The first-order valence-electron chi connectivity index (χ1n) is 5.62. The van der Waals surface area contributed by atoms with Crippen molar-refractivity contribution in [1.82, 2.24) is 9.97 Å². The van der Waals surface area contributed by atoms with Crippen LogP contribution in [0.25, 0.3) is 0 Å². The van der Waals surface area contributed by atoms with E-state index in [-0.39, 0.29) is 6.04 Å². The van der Waals surface area contributed by atoms with E-state index in [0.717, 1.165) is 6.42 Å². The third-order valence-corrected chi connectivity index (χ3v) is 2.49. The molecule has 1 heterocycles. The van der Waals surface area contributed by atoms with Gasteiger partial charge in [0.05, 0.1) is 0 Å². The van der Waals surface area contributed by atoms with Gasteiger partial charge in [0.1, 0.15) is 0 Å². The first-order valence-corrected chi connectivity index (χ1v) is 5.62. The molecule has 4 heteroatoms. The van der Waals surface area contributed by atoms with E-state index in [1.807, 2.05) is 18.2 Å². The highest BCUT2D eigenvalue weighted by molar-refractivity contribution is 5.55. The molecule has 1 aromatic carbocycles. The first kappa shape index (κ1) is 11.4. The molecule has 0 spiro atoms. The molecule has 0 aliphatic carbocycles. The average molecular weight is 228 g/mol. The second-order valence-corrected chi connectivity index (χ2v) is 4.03. The van der Waals surface area contributed by atoms with Gasteiger partial charge in [0.15, 0.2) is 11.6 Å². The van der Waals surface area contributed by atoms with Crippen LogP contribution in [-0.4, -0.2) is 16.0 Å². The third kappa shape index (κ3) is 3.17. The summed E-state index contributed by atoms with van der Waals surface area (Å²) >= 11 is 0. The van der Waals surface area contributed by atoms with Gasteiger partial charge in [0, 0.05) is 18.4 Å². The van der Waals surface area contributed by atoms with E-state index in [2.05, 4.69) is 34.3 Å². The molecule has 3 N–H and O–H groups in total. The maximum Gasteiger partial charge on any atom is 0.169 e. The molecular formula is C13H16N4. The molecule has 1 aromatic heterocycles. The van der Waals surface area contributed by atoms with E-state index in [9.17, 15) is 0 Å². The summed E-state index contributed by atoms with van der Waals surface area (Å²) in [4.78, 5) is 8.15. The van der Waals surface area contributed by atoms with Gasteiger partial charge in [-0.1, -0.05) is 30.3 Å². The van der Waals surface area contributed by atoms with Crippen molar-refractivity contribution in [3.63, 3.8) is 0 Å². The van der Waals surface area contributed by atoms with E-state index >= 15 is 0 Å². The van der Waals surface area contributed by atoms with Gasteiger partial charge in [-0.05, 0) is 18.9 Å². The zero-order valence-corrected chi connectivity index (χ0v) is 9.80. The molecule has 1 unspecified atom stereocenters. The number of anilines is 2. The Balaban J connectivity index is 1.98. The standard InChI is InChI=1S/C13H16N4/c1-10(9-11-5-3-2-4-6-11)17-13-12(14)15-7-8-16-13/h2-8,10H,9H2,1H3,(H2,14,15)(H,16,17). The highest BCUT2D eigenvalue weighted by atomic mass is 15.1. The summed E-state index contributed by atoms with van der Waals surface area (Å²) in [6, 6.07) is 10.6. The van der Waals surface area contributed by atoms with Crippen molar-refractivity contribution in [3.05, 3.63) is 48.3 Å². The average Bonchev–Trinajstić information content (AvgIpc) is 2.33. The van der Waals surface area contributed by atoms with Gasteiger partial charge >= 0.3 is 0 Å². The number of nitrogens with zero attached hydrogens (tertiary/aromatic N) is 2. The van der Waals surface area contributed by atoms with Crippen molar-refractivity contribution in [2.75, 3.05) is 11.1 Å². The maximum atomic E-state index is 5.73. The lowest BCUT2D eigenvalue weighted by molar-refractivity contribution is 0.784. The van der Waals surface area contributed by atoms with Crippen molar-refractivity contribution in [2.24, 2.45) is 0 Å². The highest BCUT2D eigenvalue weighted by Crippen LogP contribution is 2.13.